The maximum atomic E-state index is 6.00. The molecule has 4 N–H and O–H groups in total. The van der Waals surface area contributed by atoms with Gasteiger partial charge in [-0.2, -0.15) is 0 Å². The molecule has 1 aliphatic rings. The molecule has 1 unspecified atom stereocenters. The summed E-state index contributed by atoms with van der Waals surface area (Å²) >= 11 is 0. The summed E-state index contributed by atoms with van der Waals surface area (Å²) in [7, 11) is 0. The van der Waals surface area contributed by atoms with E-state index in [1.807, 2.05) is 0 Å². The second-order valence-electron chi connectivity index (χ2n) is 4.62. The molecule has 3 nitrogen and oxygen atoms in total. The van der Waals surface area contributed by atoms with Gasteiger partial charge in [0.2, 0.25) is 0 Å². The van der Waals surface area contributed by atoms with E-state index in [4.69, 9.17) is 5.73 Å². The van der Waals surface area contributed by atoms with Crippen molar-refractivity contribution >= 4 is 0 Å². The van der Waals surface area contributed by atoms with Crippen LogP contribution in [0.4, 0.5) is 0 Å². The molecule has 1 aliphatic heterocycles. The number of hydrogen-bond donors (Lipinski definition) is 3. The van der Waals surface area contributed by atoms with Crippen molar-refractivity contribution in [2.45, 2.75) is 51.0 Å². The number of hydrogen-bond acceptors (Lipinski definition) is 3. The lowest BCUT2D eigenvalue weighted by molar-refractivity contribution is 0.483. The second-order valence-corrected chi connectivity index (χ2v) is 4.62. The van der Waals surface area contributed by atoms with E-state index in [0.29, 0.717) is 6.04 Å². The van der Waals surface area contributed by atoms with Gasteiger partial charge >= 0.3 is 0 Å². The third-order valence-electron chi connectivity index (χ3n) is 3.04. The van der Waals surface area contributed by atoms with Gasteiger partial charge in [-0.15, -0.1) is 0 Å². The fourth-order valence-corrected chi connectivity index (χ4v) is 2.02. The predicted octanol–water partition coefficient (Wildman–Crippen LogP) is 1.24. The van der Waals surface area contributed by atoms with E-state index >= 15 is 0 Å². The molecule has 1 heterocycles. The summed E-state index contributed by atoms with van der Waals surface area (Å²) < 4.78 is 0. The molecule has 1 atom stereocenters. The average molecular weight is 213 g/mol. The molecule has 0 bridgehead atoms. The first-order valence-electron chi connectivity index (χ1n) is 6.56. The third kappa shape index (κ3) is 7.77. The van der Waals surface area contributed by atoms with Crippen LogP contribution in [0.1, 0.15) is 44.9 Å². The van der Waals surface area contributed by atoms with Crippen molar-refractivity contribution in [3.8, 4) is 0 Å². The Kier molecular flexibility index (Phi) is 7.88. The molecule has 0 aromatic carbocycles. The SMILES string of the molecule is NC1CCCCNCCCCCCNC1. The first-order chi connectivity index (χ1) is 7.39. The lowest BCUT2D eigenvalue weighted by Gasteiger charge is -2.13. The lowest BCUT2D eigenvalue weighted by Crippen LogP contribution is -2.34. The Labute approximate surface area is 94.2 Å². The van der Waals surface area contributed by atoms with Crippen LogP contribution in [0, 0.1) is 0 Å². The Balaban J connectivity index is 2.10. The summed E-state index contributed by atoms with van der Waals surface area (Å²) in [5, 5.41) is 6.95. The monoisotopic (exact) mass is 213 g/mol. The molecule has 0 aliphatic carbocycles. The van der Waals surface area contributed by atoms with E-state index in [0.717, 1.165) is 19.5 Å². The molecular formula is C12H27N3. The minimum absolute atomic E-state index is 0.355. The predicted molar refractivity (Wildman–Crippen MR) is 66.0 cm³/mol. The number of nitrogens with one attached hydrogen (secondary N) is 2. The molecule has 1 rings (SSSR count). The molecule has 90 valence electrons. The highest BCUT2D eigenvalue weighted by Crippen LogP contribution is 2.01. The van der Waals surface area contributed by atoms with Crippen molar-refractivity contribution in [2.24, 2.45) is 5.73 Å². The van der Waals surface area contributed by atoms with Crippen LogP contribution in [0.15, 0.2) is 0 Å². The van der Waals surface area contributed by atoms with Crippen LogP contribution in [0.25, 0.3) is 0 Å². The summed E-state index contributed by atoms with van der Waals surface area (Å²) in [6, 6.07) is 0.355. The summed E-state index contributed by atoms with van der Waals surface area (Å²) in [4.78, 5) is 0. The highest BCUT2D eigenvalue weighted by atomic mass is 14.9. The number of nitrogens with two attached hydrogens (primary N) is 1. The molecule has 1 fully saturated rings. The highest BCUT2D eigenvalue weighted by Gasteiger charge is 2.02. The van der Waals surface area contributed by atoms with Crippen LogP contribution >= 0.6 is 0 Å². The third-order valence-corrected chi connectivity index (χ3v) is 3.04. The van der Waals surface area contributed by atoms with Gasteiger partial charge in [-0.3, -0.25) is 0 Å². The average Bonchev–Trinajstić information content (AvgIpc) is 2.24. The van der Waals surface area contributed by atoms with E-state index in [9.17, 15) is 0 Å². The van der Waals surface area contributed by atoms with Crippen molar-refractivity contribution in [1.82, 2.24) is 10.6 Å². The fraction of sp³-hybridized carbons (Fsp3) is 1.00. The summed E-state index contributed by atoms with van der Waals surface area (Å²) in [6.07, 6.45) is 9.04. The summed E-state index contributed by atoms with van der Waals surface area (Å²) in [5.74, 6) is 0. The van der Waals surface area contributed by atoms with Crippen molar-refractivity contribution in [1.29, 1.82) is 0 Å². The summed E-state index contributed by atoms with van der Waals surface area (Å²) in [6.45, 7) is 4.49. The standard InChI is InChI=1S/C12H27N3/c13-12-7-3-6-9-14-8-4-1-2-5-10-15-11-12/h12,14-15H,1-11,13H2. The van der Waals surface area contributed by atoms with Crippen molar-refractivity contribution in [3.63, 3.8) is 0 Å². The zero-order valence-electron chi connectivity index (χ0n) is 9.93. The van der Waals surface area contributed by atoms with Gasteiger partial charge in [0.25, 0.3) is 0 Å². The van der Waals surface area contributed by atoms with E-state index in [1.165, 1.54) is 51.6 Å². The van der Waals surface area contributed by atoms with Gasteiger partial charge in [-0.25, -0.2) is 0 Å². The normalized spacial score (nSPS) is 28.2. The topological polar surface area (TPSA) is 50.1 Å². The molecule has 0 amide bonds. The summed E-state index contributed by atoms with van der Waals surface area (Å²) in [5.41, 5.74) is 6.00. The van der Waals surface area contributed by atoms with Gasteiger partial charge < -0.3 is 16.4 Å². The molecule has 0 radical (unpaired) electrons. The van der Waals surface area contributed by atoms with E-state index in [2.05, 4.69) is 10.6 Å². The first kappa shape index (κ1) is 12.9. The van der Waals surface area contributed by atoms with E-state index in [-0.39, 0.29) is 0 Å². The van der Waals surface area contributed by atoms with Gasteiger partial charge in [-0.1, -0.05) is 19.3 Å². The molecule has 3 heteroatoms. The molecule has 1 saturated heterocycles. The zero-order chi connectivity index (χ0) is 10.8. The molecule has 0 saturated carbocycles. The van der Waals surface area contributed by atoms with Crippen molar-refractivity contribution in [2.75, 3.05) is 26.2 Å². The Morgan fingerprint density at radius 3 is 2.07 bits per heavy atom. The minimum Gasteiger partial charge on any atom is -0.327 e. The zero-order valence-corrected chi connectivity index (χ0v) is 9.93. The van der Waals surface area contributed by atoms with Crippen molar-refractivity contribution < 1.29 is 0 Å². The molecule has 0 spiro atoms. The minimum atomic E-state index is 0.355. The molecule has 0 aromatic rings. The van der Waals surface area contributed by atoms with Gasteiger partial charge in [0.05, 0.1) is 0 Å². The molecule has 0 aromatic heterocycles. The maximum Gasteiger partial charge on any atom is 0.0165 e. The molecular weight excluding hydrogens is 186 g/mol. The fourth-order valence-electron chi connectivity index (χ4n) is 2.02. The Bertz CT molecular complexity index is 125. The van der Waals surface area contributed by atoms with Gasteiger partial charge in [0, 0.05) is 12.6 Å². The van der Waals surface area contributed by atoms with Crippen LogP contribution in [0.2, 0.25) is 0 Å². The van der Waals surface area contributed by atoms with E-state index < -0.39 is 0 Å². The Morgan fingerprint density at radius 2 is 1.33 bits per heavy atom. The van der Waals surface area contributed by atoms with Gasteiger partial charge in [0.1, 0.15) is 0 Å². The maximum absolute atomic E-state index is 6.00. The van der Waals surface area contributed by atoms with Gasteiger partial charge in [-0.05, 0) is 45.3 Å². The quantitative estimate of drug-likeness (QED) is 0.567. The van der Waals surface area contributed by atoms with Crippen LogP contribution in [-0.4, -0.2) is 32.2 Å². The van der Waals surface area contributed by atoms with Crippen LogP contribution < -0.4 is 16.4 Å². The second kappa shape index (κ2) is 9.13. The van der Waals surface area contributed by atoms with E-state index in [1.54, 1.807) is 0 Å². The molecule has 15 heavy (non-hydrogen) atoms. The Hall–Kier alpha value is -0.120. The van der Waals surface area contributed by atoms with Crippen LogP contribution in [0.5, 0.6) is 0 Å². The van der Waals surface area contributed by atoms with Crippen LogP contribution in [-0.2, 0) is 0 Å². The van der Waals surface area contributed by atoms with Crippen molar-refractivity contribution in [3.05, 3.63) is 0 Å². The van der Waals surface area contributed by atoms with Crippen LogP contribution in [0.3, 0.4) is 0 Å². The smallest absolute Gasteiger partial charge is 0.0165 e. The Morgan fingerprint density at radius 1 is 0.733 bits per heavy atom. The highest BCUT2D eigenvalue weighted by molar-refractivity contribution is 4.65. The largest absolute Gasteiger partial charge is 0.327 e. The number of rotatable bonds is 0. The first-order valence-corrected chi connectivity index (χ1v) is 6.56. The van der Waals surface area contributed by atoms with Gasteiger partial charge in [0.15, 0.2) is 0 Å². The lowest BCUT2D eigenvalue weighted by atomic mass is 10.1.